The van der Waals surface area contributed by atoms with E-state index < -0.39 is 8.07 Å². The molecule has 0 spiro atoms. The van der Waals surface area contributed by atoms with Gasteiger partial charge in [-0.3, -0.25) is 0 Å². The van der Waals surface area contributed by atoms with Crippen molar-refractivity contribution in [2.75, 3.05) is 21.3 Å². The SMILES string of the molecule is C=C[Si](/C=C/OC)(/C=C/OC)/C=C/OC. The first-order chi connectivity index (χ1) is 7.24. The van der Waals surface area contributed by atoms with E-state index in [2.05, 4.69) is 6.58 Å². The van der Waals surface area contributed by atoms with Crippen LogP contribution in [0.1, 0.15) is 0 Å². The number of hydrogen-bond acceptors (Lipinski definition) is 3. The summed E-state index contributed by atoms with van der Waals surface area (Å²) in [4.78, 5) is 0. The Morgan fingerprint density at radius 1 is 0.800 bits per heavy atom. The molecule has 0 N–H and O–H groups in total. The molecule has 0 saturated carbocycles. The van der Waals surface area contributed by atoms with Crippen molar-refractivity contribution in [3.05, 3.63) is 48.2 Å². The zero-order chi connectivity index (χ0) is 11.6. The molecule has 0 heterocycles. The van der Waals surface area contributed by atoms with Gasteiger partial charge in [0.2, 0.25) is 0 Å². The molecule has 0 amide bonds. The molecule has 0 atom stereocenters. The summed E-state index contributed by atoms with van der Waals surface area (Å²) in [6, 6.07) is 0. The third-order valence-corrected chi connectivity index (χ3v) is 4.68. The van der Waals surface area contributed by atoms with E-state index in [1.54, 1.807) is 40.1 Å². The van der Waals surface area contributed by atoms with Crippen LogP contribution in [0.25, 0.3) is 0 Å². The smallest absolute Gasteiger partial charge is 0.159 e. The highest BCUT2D eigenvalue weighted by Gasteiger charge is 2.20. The Morgan fingerprint density at radius 3 is 1.33 bits per heavy atom. The van der Waals surface area contributed by atoms with Crippen LogP contribution < -0.4 is 0 Å². The maximum atomic E-state index is 4.92. The van der Waals surface area contributed by atoms with Gasteiger partial charge in [-0.15, -0.1) is 6.58 Å². The zero-order valence-electron chi connectivity index (χ0n) is 9.47. The lowest BCUT2D eigenvalue weighted by atomic mass is 11.1. The predicted molar refractivity (Wildman–Crippen MR) is 64.4 cm³/mol. The maximum absolute atomic E-state index is 4.92. The van der Waals surface area contributed by atoms with E-state index in [4.69, 9.17) is 14.2 Å². The van der Waals surface area contributed by atoms with Gasteiger partial charge in [-0.25, -0.2) is 0 Å². The summed E-state index contributed by atoms with van der Waals surface area (Å²) in [5, 5.41) is 0. The minimum Gasteiger partial charge on any atom is -0.505 e. The average Bonchev–Trinajstić information content (AvgIpc) is 2.29. The van der Waals surface area contributed by atoms with Crippen LogP contribution in [0.15, 0.2) is 48.2 Å². The van der Waals surface area contributed by atoms with Crippen molar-refractivity contribution in [2.24, 2.45) is 0 Å². The summed E-state index contributed by atoms with van der Waals surface area (Å²) in [7, 11) is 2.84. The Morgan fingerprint density at radius 2 is 1.13 bits per heavy atom. The van der Waals surface area contributed by atoms with Gasteiger partial charge >= 0.3 is 0 Å². The van der Waals surface area contributed by atoms with Gasteiger partial charge < -0.3 is 14.2 Å². The normalized spacial score (nSPS) is 12.5. The quantitative estimate of drug-likeness (QED) is 0.492. The largest absolute Gasteiger partial charge is 0.505 e. The van der Waals surface area contributed by atoms with E-state index in [-0.39, 0.29) is 0 Å². The van der Waals surface area contributed by atoms with Gasteiger partial charge in [0.15, 0.2) is 8.07 Å². The van der Waals surface area contributed by atoms with Crippen molar-refractivity contribution in [3.63, 3.8) is 0 Å². The summed E-state index contributed by atoms with van der Waals surface area (Å²) in [6.07, 6.45) is 4.94. The summed E-state index contributed by atoms with van der Waals surface area (Å²) < 4.78 is 14.7. The fourth-order valence-corrected chi connectivity index (χ4v) is 2.79. The first kappa shape index (κ1) is 13.6. The Kier molecular flexibility index (Phi) is 7.18. The molecule has 0 saturated heterocycles. The number of rotatable bonds is 7. The molecule has 0 aliphatic rings. The molecule has 0 rings (SSSR count). The Bertz CT molecular complexity index is 221. The average molecular weight is 226 g/mol. The third-order valence-electron chi connectivity index (χ3n) is 1.83. The lowest BCUT2D eigenvalue weighted by Gasteiger charge is -2.14. The van der Waals surface area contributed by atoms with Gasteiger partial charge in [-0.2, -0.15) is 0 Å². The summed E-state index contributed by atoms with van der Waals surface area (Å²) in [5.41, 5.74) is 7.83. The van der Waals surface area contributed by atoms with Crippen molar-refractivity contribution in [2.45, 2.75) is 0 Å². The molecular weight excluding hydrogens is 208 g/mol. The molecule has 0 aromatic carbocycles. The molecule has 0 aliphatic carbocycles. The van der Waals surface area contributed by atoms with E-state index in [9.17, 15) is 0 Å². The van der Waals surface area contributed by atoms with Crippen LogP contribution in [-0.2, 0) is 14.2 Å². The van der Waals surface area contributed by atoms with Crippen LogP contribution in [-0.4, -0.2) is 29.4 Å². The molecule has 0 fully saturated rings. The van der Waals surface area contributed by atoms with Crippen LogP contribution in [0.2, 0.25) is 0 Å². The molecule has 0 bridgehead atoms. The van der Waals surface area contributed by atoms with Crippen LogP contribution in [0, 0.1) is 0 Å². The minimum atomic E-state index is -1.99. The third kappa shape index (κ3) is 5.12. The van der Waals surface area contributed by atoms with Crippen molar-refractivity contribution < 1.29 is 14.2 Å². The molecule has 0 aromatic heterocycles. The second kappa shape index (κ2) is 7.93. The summed E-state index contributed by atoms with van der Waals surface area (Å²) >= 11 is 0. The molecule has 15 heavy (non-hydrogen) atoms. The number of hydrogen-bond donors (Lipinski definition) is 0. The van der Waals surface area contributed by atoms with E-state index in [0.717, 1.165) is 0 Å². The lowest BCUT2D eigenvalue weighted by Crippen LogP contribution is -2.25. The molecular formula is C11H18O3Si. The Hall–Kier alpha value is -1.42. The van der Waals surface area contributed by atoms with Crippen molar-refractivity contribution in [3.8, 4) is 0 Å². The molecule has 3 nitrogen and oxygen atoms in total. The molecule has 0 aromatic rings. The van der Waals surface area contributed by atoms with Gasteiger partial charge in [0.05, 0.1) is 40.1 Å². The number of methoxy groups -OCH3 is 3. The van der Waals surface area contributed by atoms with E-state index >= 15 is 0 Å². The summed E-state index contributed by atoms with van der Waals surface area (Å²) in [5.74, 6) is 0. The Balaban J connectivity index is 4.91. The molecule has 4 heteroatoms. The fraction of sp³-hybridized carbons (Fsp3) is 0.273. The summed E-state index contributed by atoms with van der Waals surface area (Å²) in [6.45, 7) is 3.83. The van der Waals surface area contributed by atoms with Crippen LogP contribution in [0.5, 0.6) is 0 Å². The fourth-order valence-electron chi connectivity index (χ4n) is 0.928. The minimum absolute atomic E-state index is 1.61. The van der Waals surface area contributed by atoms with Gasteiger partial charge in [0.1, 0.15) is 0 Å². The number of ether oxygens (including phenoxy) is 3. The lowest BCUT2D eigenvalue weighted by molar-refractivity contribution is 0.337. The second-order valence-corrected chi connectivity index (χ2v) is 6.23. The van der Waals surface area contributed by atoms with E-state index in [0.29, 0.717) is 0 Å². The van der Waals surface area contributed by atoms with Crippen molar-refractivity contribution in [1.29, 1.82) is 0 Å². The Labute approximate surface area is 92.4 Å². The van der Waals surface area contributed by atoms with E-state index in [1.807, 2.05) is 22.8 Å². The topological polar surface area (TPSA) is 27.7 Å². The van der Waals surface area contributed by atoms with Gasteiger partial charge in [-0.05, 0) is 17.1 Å². The van der Waals surface area contributed by atoms with Crippen molar-refractivity contribution >= 4 is 8.07 Å². The van der Waals surface area contributed by atoms with Crippen molar-refractivity contribution in [1.82, 2.24) is 0 Å². The van der Waals surface area contributed by atoms with Crippen LogP contribution >= 0.6 is 0 Å². The van der Waals surface area contributed by atoms with Gasteiger partial charge in [0, 0.05) is 0 Å². The molecule has 0 radical (unpaired) electrons. The molecule has 0 aliphatic heterocycles. The predicted octanol–water partition coefficient (Wildman–Crippen LogP) is 2.26. The highest BCUT2D eigenvalue weighted by molar-refractivity contribution is 6.97. The van der Waals surface area contributed by atoms with Crippen LogP contribution in [0.3, 0.4) is 0 Å². The van der Waals surface area contributed by atoms with Gasteiger partial charge in [0.25, 0.3) is 0 Å². The van der Waals surface area contributed by atoms with Crippen LogP contribution in [0.4, 0.5) is 0 Å². The molecule has 84 valence electrons. The first-order valence-electron chi connectivity index (χ1n) is 4.49. The van der Waals surface area contributed by atoms with Gasteiger partial charge in [-0.1, -0.05) is 5.70 Å². The highest BCUT2D eigenvalue weighted by atomic mass is 28.3. The second-order valence-electron chi connectivity index (χ2n) is 2.82. The first-order valence-corrected chi connectivity index (χ1v) is 6.80. The highest BCUT2D eigenvalue weighted by Crippen LogP contribution is 2.11. The monoisotopic (exact) mass is 226 g/mol. The zero-order valence-corrected chi connectivity index (χ0v) is 10.5. The van der Waals surface area contributed by atoms with E-state index in [1.165, 1.54) is 0 Å². The standard InChI is InChI=1S/C11H18O3Si/c1-5-15(9-6-12-2,10-7-13-3)11-8-14-4/h5-11H,1H2,2-4H3/b9-6+,10-7+,11-8+. The maximum Gasteiger partial charge on any atom is 0.159 e. The molecule has 0 unspecified atom stereocenters.